The molecule has 1 aliphatic rings. The van der Waals surface area contributed by atoms with E-state index in [2.05, 4.69) is 48.2 Å². The van der Waals surface area contributed by atoms with Gasteiger partial charge in [-0.2, -0.15) is 0 Å². The first-order chi connectivity index (χ1) is 10.7. The molecule has 1 atom stereocenters. The Labute approximate surface area is 137 Å². The highest BCUT2D eigenvalue weighted by atomic mass is 35.5. The molecule has 22 heavy (non-hydrogen) atoms. The van der Waals surface area contributed by atoms with Crippen molar-refractivity contribution < 1.29 is 4.74 Å². The van der Waals surface area contributed by atoms with Gasteiger partial charge < -0.3 is 9.64 Å². The number of ether oxygens (including phenoxy) is 1. The smallest absolute Gasteiger partial charge is 0.123 e. The van der Waals surface area contributed by atoms with Crippen LogP contribution in [0.3, 0.4) is 0 Å². The molecule has 116 valence electrons. The number of methoxy groups -OCH3 is 1. The highest BCUT2D eigenvalue weighted by molar-refractivity contribution is 6.21. The number of alkyl halides is 1. The first-order valence-electron chi connectivity index (χ1n) is 7.80. The molecular formula is C19H22ClNO. The van der Waals surface area contributed by atoms with Gasteiger partial charge in [0.05, 0.1) is 12.5 Å². The van der Waals surface area contributed by atoms with Crippen LogP contribution in [0.25, 0.3) is 0 Å². The van der Waals surface area contributed by atoms with Crippen molar-refractivity contribution in [3.05, 3.63) is 59.2 Å². The summed E-state index contributed by atoms with van der Waals surface area (Å²) in [5.74, 6) is 0.871. The number of aryl methyl sites for hydroxylation is 2. The number of halogens is 1. The van der Waals surface area contributed by atoms with Gasteiger partial charge in [0.2, 0.25) is 0 Å². The van der Waals surface area contributed by atoms with Crippen molar-refractivity contribution in [2.45, 2.75) is 25.1 Å². The fraction of sp³-hybridized carbons (Fsp3) is 0.368. The summed E-state index contributed by atoms with van der Waals surface area (Å²) >= 11 is 6.74. The van der Waals surface area contributed by atoms with E-state index < -0.39 is 0 Å². The van der Waals surface area contributed by atoms with Crippen molar-refractivity contribution in [2.24, 2.45) is 0 Å². The van der Waals surface area contributed by atoms with E-state index in [0.717, 1.165) is 30.8 Å². The fourth-order valence-electron chi connectivity index (χ4n) is 3.19. The van der Waals surface area contributed by atoms with Crippen molar-refractivity contribution in [3.63, 3.8) is 0 Å². The Balaban J connectivity index is 1.84. The van der Waals surface area contributed by atoms with Crippen LogP contribution in [-0.4, -0.2) is 20.2 Å². The molecule has 3 rings (SSSR count). The lowest BCUT2D eigenvalue weighted by molar-refractivity contribution is 0.409. The minimum absolute atomic E-state index is 0.0824. The molecule has 0 radical (unpaired) electrons. The highest BCUT2D eigenvalue weighted by Gasteiger charge is 2.21. The minimum Gasteiger partial charge on any atom is -0.496 e. The van der Waals surface area contributed by atoms with Gasteiger partial charge >= 0.3 is 0 Å². The number of anilines is 1. The van der Waals surface area contributed by atoms with E-state index in [9.17, 15) is 0 Å². The average Bonchev–Trinajstić information content (AvgIpc) is 2.55. The van der Waals surface area contributed by atoms with Crippen LogP contribution in [0.1, 0.15) is 28.5 Å². The van der Waals surface area contributed by atoms with Crippen LogP contribution in [0.2, 0.25) is 0 Å². The summed E-state index contributed by atoms with van der Waals surface area (Å²) in [5.41, 5.74) is 5.03. The zero-order valence-corrected chi connectivity index (χ0v) is 13.9. The van der Waals surface area contributed by atoms with Gasteiger partial charge in [-0.1, -0.05) is 35.9 Å². The van der Waals surface area contributed by atoms with Gasteiger partial charge in [0, 0.05) is 24.3 Å². The number of para-hydroxylation sites is 1. The van der Waals surface area contributed by atoms with Crippen LogP contribution < -0.4 is 9.64 Å². The maximum absolute atomic E-state index is 6.74. The number of rotatable bonds is 4. The van der Waals surface area contributed by atoms with Gasteiger partial charge in [-0.25, -0.2) is 0 Å². The first kappa shape index (κ1) is 15.2. The lowest BCUT2D eigenvalue weighted by atomic mass is 10.0. The molecular weight excluding hydrogens is 294 g/mol. The first-order valence-corrected chi connectivity index (χ1v) is 8.24. The van der Waals surface area contributed by atoms with Crippen molar-refractivity contribution in [2.75, 3.05) is 25.1 Å². The molecule has 0 N–H and O–H groups in total. The highest BCUT2D eigenvalue weighted by Crippen LogP contribution is 2.34. The molecule has 2 nitrogen and oxygen atoms in total. The Kier molecular flexibility index (Phi) is 4.58. The Morgan fingerprint density at radius 3 is 2.86 bits per heavy atom. The van der Waals surface area contributed by atoms with Gasteiger partial charge in [0.15, 0.2) is 0 Å². The third-order valence-corrected chi connectivity index (χ3v) is 4.68. The van der Waals surface area contributed by atoms with Gasteiger partial charge in [0.1, 0.15) is 5.75 Å². The zero-order valence-electron chi connectivity index (χ0n) is 13.2. The van der Waals surface area contributed by atoms with E-state index >= 15 is 0 Å². The summed E-state index contributed by atoms with van der Waals surface area (Å²) in [6.07, 6.45) is 2.35. The summed E-state index contributed by atoms with van der Waals surface area (Å²) in [7, 11) is 1.70. The normalized spacial score (nSPS) is 15.3. The van der Waals surface area contributed by atoms with E-state index in [0.29, 0.717) is 0 Å². The lowest BCUT2D eigenvalue weighted by Crippen LogP contribution is -2.32. The Morgan fingerprint density at radius 2 is 2.05 bits per heavy atom. The largest absolute Gasteiger partial charge is 0.496 e. The quantitative estimate of drug-likeness (QED) is 0.756. The summed E-state index contributed by atoms with van der Waals surface area (Å²) in [6, 6.07) is 14.8. The summed E-state index contributed by atoms with van der Waals surface area (Å²) in [6.45, 7) is 3.95. The molecule has 1 unspecified atom stereocenters. The molecule has 0 spiro atoms. The maximum Gasteiger partial charge on any atom is 0.123 e. The minimum atomic E-state index is -0.0824. The number of fused-ring (bicyclic) bond motifs is 1. The second kappa shape index (κ2) is 6.62. The summed E-state index contributed by atoms with van der Waals surface area (Å²) in [5, 5.41) is -0.0824. The molecule has 0 aliphatic carbocycles. The number of benzene rings is 2. The lowest BCUT2D eigenvalue weighted by Gasteiger charge is -2.33. The molecule has 0 saturated heterocycles. The summed E-state index contributed by atoms with van der Waals surface area (Å²) < 4.78 is 5.48. The molecule has 3 heteroatoms. The van der Waals surface area contributed by atoms with Crippen LogP contribution in [0, 0.1) is 6.92 Å². The molecule has 1 heterocycles. The molecule has 2 aromatic carbocycles. The zero-order chi connectivity index (χ0) is 15.5. The number of nitrogens with zero attached hydrogens (tertiary/aromatic N) is 1. The third kappa shape index (κ3) is 3.07. The van der Waals surface area contributed by atoms with Crippen molar-refractivity contribution in [1.29, 1.82) is 0 Å². The van der Waals surface area contributed by atoms with Crippen LogP contribution in [0.5, 0.6) is 5.75 Å². The number of hydrogen-bond donors (Lipinski definition) is 0. The maximum atomic E-state index is 6.74. The van der Waals surface area contributed by atoms with Crippen molar-refractivity contribution in [3.8, 4) is 5.75 Å². The SMILES string of the molecule is COc1ccc(C)cc1C(Cl)CN1CCCc2ccccc21. The monoisotopic (exact) mass is 315 g/mol. The van der Waals surface area contributed by atoms with E-state index in [-0.39, 0.29) is 5.38 Å². The second-order valence-electron chi connectivity index (χ2n) is 5.89. The van der Waals surface area contributed by atoms with E-state index in [1.54, 1.807) is 7.11 Å². The Hall–Kier alpha value is -1.67. The fourth-order valence-corrected chi connectivity index (χ4v) is 3.53. The molecule has 0 fully saturated rings. The van der Waals surface area contributed by atoms with Gasteiger partial charge in [0.25, 0.3) is 0 Å². The molecule has 0 aromatic heterocycles. The van der Waals surface area contributed by atoms with Gasteiger partial charge in [-0.3, -0.25) is 0 Å². The molecule has 2 aromatic rings. The predicted molar refractivity (Wildman–Crippen MR) is 93.3 cm³/mol. The van der Waals surface area contributed by atoms with Crippen LogP contribution >= 0.6 is 11.6 Å². The molecule has 1 aliphatic heterocycles. The van der Waals surface area contributed by atoms with E-state index in [4.69, 9.17) is 16.3 Å². The predicted octanol–water partition coefficient (Wildman–Crippen LogP) is 4.74. The summed E-state index contributed by atoms with van der Waals surface area (Å²) in [4.78, 5) is 2.40. The molecule has 0 saturated carbocycles. The van der Waals surface area contributed by atoms with Crippen LogP contribution in [-0.2, 0) is 6.42 Å². The third-order valence-electron chi connectivity index (χ3n) is 4.31. The topological polar surface area (TPSA) is 12.5 Å². The van der Waals surface area contributed by atoms with Gasteiger partial charge in [-0.15, -0.1) is 11.6 Å². The standard InChI is InChI=1S/C19H22ClNO/c1-14-9-10-19(22-2)16(12-14)17(20)13-21-11-5-7-15-6-3-4-8-18(15)21/h3-4,6,8-10,12,17H,5,7,11,13H2,1-2H3. The van der Waals surface area contributed by atoms with Crippen molar-refractivity contribution >= 4 is 17.3 Å². The van der Waals surface area contributed by atoms with E-state index in [1.165, 1.54) is 23.2 Å². The average molecular weight is 316 g/mol. The van der Waals surface area contributed by atoms with Gasteiger partial charge in [-0.05, 0) is 37.5 Å². The Bertz CT molecular complexity index is 656. The number of hydrogen-bond acceptors (Lipinski definition) is 2. The van der Waals surface area contributed by atoms with Crippen molar-refractivity contribution in [1.82, 2.24) is 0 Å². The molecule has 0 bridgehead atoms. The Morgan fingerprint density at radius 1 is 1.23 bits per heavy atom. The molecule has 0 amide bonds. The van der Waals surface area contributed by atoms with Crippen LogP contribution in [0.15, 0.2) is 42.5 Å². The second-order valence-corrected chi connectivity index (χ2v) is 6.42. The van der Waals surface area contributed by atoms with Crippen LogP contribution in [0.4, 0.5) is 5.69 Å². The van der Waals surface area contributed by atoms with E-state index in [1.807, 2.05) is 6.07 Å².